The minimum atomic E-state index is 0.0577. The van der Waals surface area contributed by atoms with Gasteiger partial charge >= 0.3 is 0 Å². The Morgan fingerprint density at radius 1 is 0.390 bits per heavy atom. The second kappa shape index (κ2) is 13.3. The molecule has 0 saturated heterocycles. The molecule has 0 atom stereocenters. The lowest BCUT2D eigenvalue weighted by Crippen LogP contribution is -2.33. The highest BCUT2D eigenvalue weighted by atomic mass is 16.3. The molecular weight excluding hydrogens is 719 g/mol. The first kappa shape index (κ1) is 35.3. The summed E-state index contributed by atoms with van der Waals surface area (Å²) < 4.78 is 6.74. The Morgan fingerprint density at radius 2 is 0.966 bits per heavy atom. The largest absolute Gasteiger partial charge is 0.455 e. The lowest BCUT2D eigenvalue weighted by Gasteiger charge is -2.42. The highest BCUT2D eigenvalue weighted by Crippen LogP contribution is 2.48. The van der Waals surface area contributed by atoms with Crippen molar-refractivity contribution >= 4 is 43.5 Å². The average Bonchev–Trinajstić information content (AvgIpc) is 3.66. The first-order valence-electron chi connectivity index (χ1n) is 20.6. The van der Waals surface area contributed by atoms with E-state index in [1.807, 2.05) is 12.1 Å². The van der Waals surface area contributed by atoms with Crippen LogP contribution in [0.15, 0.2) is 168 Å². The predicted molar refractivity (Wildman–Crippen MR) is 245 cm³/mol. The molecule has 0 fully saturated rings. The normalized spacial score (nSPS) is 14.6. The van der Waals surface area contributed by atoms with Crippen molar-refractivity contribution in [1.29, 1.82) is 0 Å². The predicted octanol–water partition coefficient (Wildman–Crippen LogP) is 14.8. The molecule has 0 unspecified atom stereocenters. The van der Waals surface area contributed by atoms with Crippen molar-refractivity contribution < 1.29 is 4.42 Å². The van der Waals surface area contributed by atoms with Crippen LogP contribution in [0.25, 0.3) is 99.9 Å². The first-order chi connectivity index (χ1) is 28.7. The third-order valence-corrected chi connectivity index (χ3v) is 12.8. The summed E-state index contributed by atoms with van der Waals surface area (Å²) >= 11 is 0. The molecule has 0 saturated carbocycles. The lowest BCUT2D eigenvalue weighted by atomic mass is 9.63. The van der Waals surface area contributed by atoms with Crippen molar-refractivity contribution in [3.05, 3.63) is 175 Å². The Balaban J connectivity index is 1.17. The van der Waals surface area contributed by atoms with E-state index in [0.29, 0.717) is 17.5 Å². The third kappa shape index (κ3) is 5.93. The SMILES string of the molecule is CC1(C)CCC(C)(C)c2cc(-c3cc(-c4nc(-c5ccc(-c6ccccc6)cc5)nc(-c5cc6ccccc6c6ccccc56)n4)cc4c3oc3ccccc34)ccc21. The van der Waals surface area contributed by atoms with Crippen molar-refractivity contribution in [3.63, 3.8) is 0 Å². The summed E-state index contributed by atoms with van der Waals surface area (Å²) in [5.74, 6) is 1.87. The summed E-state index contributed by atoms with van der Waals surface area (Å²) in [6.45, 7) is 9.52. The Morgan fingerprint density at radius 3 is 1.75 bits per heavy atom. The van der Waals surface area contributed by atoms with Gasteiger partial charge in [-0.05, 0) is 97.3 Å². The van der Waals surface area contributed by atoms with E-state index in [-0.39, 0.29) is 10.8 Å². The molecule has 284 valence electrons. The molecule has 8 aromatic carbocycles. The summed E-state index contributed by atoms with van der Waals surface area (Å²) in [5, 5.41) is 6.72. The molecular formula is C55H43N3O. The molecule has 2 heterocycles. The van der Waals surface area contributed by atoms with Crippen LogP contribution >= 0.6 is 0 Å². The molecule has 1 aliphatic carbocycles. The zero-order valence-electron chi connectivity index (χ0n) is 33.8. The van der Waals surface area contributed by atoms with Crippen LogP contribution in [0.1, 0.15) is 51.7 Å². The van der Waals surface area contributed by atoms with Gasteiger partial charge in [0.05, 0.1) is 0 Å². The Hall–Kier alpha value is -6.91. The second-order valence-corrected chi connectivity index (χ2v) is 17.5. The molecule has 4 nitrogen and oxygen atoms in total. The molecule has 0 aliphatic heterocycles. The second-order valence-electron chi connectivity index (χ2n) is 17.5. The minimum absolute atomic E-state index is 0.0577. The van der Waals surface area contributed by atoms with Gasteiger partial charge in [0.15, 0.2) is 17.5 Å². The number of hydrogen-bond acceptors (Lipinski definition) is 4. The summed E-state index contributed by atoms with van der Waals surface area (Å²) in [4.78, 5) is 16.0. The minimum Gasteiger partial charge on any atom is -0.455 e. The van der Waals surface area contributed by atoms with Crippen LogP contribution in [-0.2, 0) is 10.8 Å². The van der Waals surface area contributed by atoms with E-state index in [1.165, 1.54) is 33.9 Å². The van der Waals surface area contributed by atoms with Crippen molar-refractivity contribution in [1.82, 2.24) is 15.0 Å². The molecule has 0 N–H and O–H groups in total. The molecule has 2 aromatic heterocycles. The first-order valence-corrected chi connectivity index (χ1v) is 20.6. The van der Waals surface area contributed by atoms with E-state index in [1.54, 1.807) is 0 Å². The summed E-state index contributed by atoms with van der Waals surface area (Å²) in [6, 6.07) is 58.2. The van der Waals surface area contributed by atoms with Gasteiger partial charge in [-0.25, -0.2) is 15.0 Å². The number of furan rings is 1. The van der Waals surface area contributed by atoms with Gasteiger partial charge in [-0.15, -0.1) is 0 Å². The van der Waals surface area contributed by atoms with Crippen molar-refractivity contribution in [3.8, 4) is 56.4 Å². The van der Waals surface area contributed by atoms with Crippen LogP contribution in [0.5, 0.6) is 0 Å². The van der Waals surface area contributed by atoms with Gasteiger partial charge in [0.1, 0.15) is 11.2 Å². The summed E-state index contributed by atoms with van der Waals surface area (Å²) in [7, 11) is 0. The molecule has 11 rings (SSSR count). The van der Waals surface area contributed by atoms with E-state index in [0.717, 1.165) is 72.5 Å². The number of nitrogens with zero attached hydrogens (tertiary/aromatic N) is 3. The van der Waals surface area contributed by atoms with Crippen LogP contribution in [0, 0.1) is 0 Å². The fourth-order valence-corrected chi connectivity index (χ4v) is 9.36. The van der Waals surface area contributed by atoms with Crippen LogP contribution in [-0.4, -0.2) is 15.0 Å². The van der Waals surface area contributed by atoms with E-state index < -0.39 is 0 Å². The van der Waals surface area contributed by atoms with Crippen LogP contribution < -0.4 is 0 Å². The van der Waals surface area contributed by atoms with Gasteiger partial charge < -0.3 is 4.42 Å². The zero-order chi connectivity index (χ0) is 39.9. The quantitative estimate of drug-likeness (QED) is 0.164. The lowest BCUT2D eigenvalue weighted by molar-refractivity contribution is 0.332. The topological polar surface area (TPSA) is 51.8 Å². The maximum absolute atomic E-state index is 6.74. The van der Waals surface area contributed by atoms with Gasteiger partial charge in [0, 0.05) is 33.0 Å². The number of fused-ring (bicyclic) bond motifs is 7. The molecule has 0 bridgehead atoms. The van der Waals surface area contributed by atoms with Crippen LogP contribution in [0.2, 0.25) is 0 Å². The number of rotatable bonds is 5. The van der Waals surface area contributed by atoms with Gasteiger partial charge in [-0.1, -0.05) is 167 Å². The summed E-state index contributed by atoms with van der Waals surface area (Å²) in [5.41, 5.74) is 12.0. The highest BCUT2D eigenvalue weighted by molar-refractivity contribution is 6.14. The van der Waals surface area contributed by atoms with E-state index >= 15 is 0 Å². The molecule has 10 aromatic rings. The Labute approximate surface area is 344 Å². The monoisotopic (exact) mass is 761 g/mol. The molecule has 59 heavy (non-hydrogen) atoms. The van der Waals surface area contributed by atoms with Gasteiger partial charge in [-0.3, -0.25) is 0 Å². The maximum atomic E-state index is 6.74. The Bertz CT molecular complexity index is 3270. The van der Waals surface area contributed by atoms with Gasteiger partial charge in [-0.2, -0.15) is 0 Å². The third-order valence-electron chi connectivity index (χ3n) is 12.8. The van der Waals surface area contributed by atoms with E-state index in [4.69, 9.17) is 19.4 Å². The fourth-order valence-electron chi connectivity index (χ4n) is 9.36. The number of benzene rings is 8. The molecule has 0 amide bonds. The molecule has 0 spiro atoms. The zero-order valence-corrected chi connectivity index (χ0v) is 33.8. The number of hydrogen-bond donors (Lipinski definition) is 0. The fraction of sp³-hybridized carbons (Fsp3) is 0.145. The van der Waals surface area contributed by atoms with Gasteiger partial charge in [0.2, 0.25) is 0 Å². The Kier molecular flexibility index (Phi) is 7.96. The maximum Gasteiger partial charge on any atom is 0.164 e. The highest BCUT2D eigenvalue weighted by Gasteiger charge is 2.37. The van der Waals surface area contributed by atoms with E-state index in [2.05, 4.69) is 179 Å². The average molecular weight is 762 g/mol. The number of aromatic nitrogens is 3. The molecule has 0 radical (unpaired) electrons. The number of para-hydroxylation sites is 1. The van der Waals surface area contributed by atoms with Gasteiger partial charge in [0.25, 0.3) is 0 Å². The van der Waals surface area contributed by atoms with E-state index in [9.17, 15) is 0 Å². The standard InChI is InChI=1S/C55H43N3O/c1-54(2)28-29-55(3,4)48-33-38(26-27-47(48)54)44-31-39(32-45-43-20-12-13-21-49(43)59-50(44)45)52-56-51(36-24-22-35(23-25-36)34-14-6-5-7-15-34)57-53(58-52)46-30-37-16-8-9-17-40(37)41-18-10-11-19-42(41)46/h5-27,30-33H,28-29H2,1-4H3. The van der Waals surface area contributed by atoms with Crippen molar-refractivity contribution in [2.75, 3.05) is 0 Å². The summed E-state index contributed by atoms with van der Waals surface area (Å²) in [6.07, 6.45) is 2.31. The van der Waals surface area contributed by atoms with Crippen LogP contribution in [0.3, 0.4) is 0 Å². The van der Waals surface area contributed by atoms with Crippen molar-refractivity contribution in [2.45, 2.75) is 51.4 Å². The molecule has 4 heteroatoms. The smallest absolute Gasteiger partial charge is 0.164 e. The van der Waals surface area contributed by atoms with Crippen LogP contribution in [0.4, 0.5) is 0 Å². The molecule has 1 aliphatic rings. The van der Waals surface area contributed by atoms with Crippen molar-refractivity contribution in [2.24, 2.45) is 0 Å².